The number of aryl methyl sites for hydroxylation is 1. The summed E-state index contributed by atoms with van der Waals surface area (Å²) in [6.07, 6.45) is 3.26. The number of aromatic nitrogens is 4. The Morgan fingerprint density at radius 3 is 2.59 bits per heavy atom. The molecule has 0 saturated heterocycles. The van der Waals surface area contributed by atoms with Gasteiger partial charge in [0.05, 0.1) is 0 Å². The van der Waals surface area contributed by atoms with E-state index in [1.807, 2.05) is 25.1 Å². The molecule has 8 heteroatoms. The van der Waals surface area contributed by atoms with Crippen molar-refractivity contribution in [2.45, 2.75) is 20.8 Å². The molecule has 1 aromatic carbocycles. The molecule has 2 aromatic heterocycles. The Balaban J connectivity index is 1.85. The van der Waals surface area contributed by atoms with E-state index in [0.717, 1.165) is 37.4 Å². The average Bonchev–Trinajstić information content (AvgIpc) is 2.68. The predicted molar refractivity (Wildman–Crippen MR) is 111 cm³/mol. The first-order chi connectivity index (χ1) is 13.1. The summed E-state index contributed by atoms with van der Waals surface area (Å²) in [6, 6.07) is 5.79. The fourth-order valence-corrected chi connectivity index (χ4v) is 2.88. The molecule has 0 radical (unpaired) electrons. The van der Waals surface area contributed by atoms with Gasteiger partial charge in [0.1, 0.15) is 0 Å². The van der Waals surface area contributed by atoms with E-state index in [2.05, 4.69) is 49.3 Å². The molecule has 0 aliphatic heterocycles. The van der Waals surface area contributed by atoms with E-state index in [1.54, 1.807) is 12.4 Å². The van der Waals surface area contributed by atoms with Crippen molar-refractivity contribution < 1.29 is 0 Å². The van der Waals surface area contributed by atoms with Crippen LogP contribution < -0.4 is 10.6 Å². The molecular formula is C19H24ClN7. The highest BCUT2D eigenvalue weighted by atomic mass is 35.5. The number of nitrogens with one attached hydrogen (secondary N) is 2. The van der Waals surface area contributed by atoms with Crippen molar-refractivity contribution in [2.75, 3.05) is 36.8 Å². The van der Waals surface area contributed by atoms with E-state index < -0.39 is 0 Å². The maximum absolute atomic E-state index is 6.24. The van der Waals surface area contributed by atoms with Gasteiger partial charge in [0.15, 0.2) is 17.0 Å². The molecule has 27 heavy (non-hydrogen) atoms. The van der Waals surface area contributed by atoms with Gasteiger partial charge in [0.25, 0.3) is 0 Å². The van der Waals surface area contributed by atoms with Crippen LogP contribution in [0.25, 0.3) is 11.2 Å². The first-order valence-electron chi connectivity index (χ1n) is 9.08. The summed E-state index contributed by atoms with van der Waals surface area (Å²) in [7, 11) is 0. The third kappa shape index (κ3) is 4.81. The fourth-order valence-electron chi connectivity index (χ4n) is 2.70. The quantitative estimate of drug-likeness (QED) is 0.609. The molecule has 142 valence electrons. The number of hydrogen-bond donors (Lipinski definition) is 2. The van der Waals surface area contributed by atoms with Crippen LogP contribution in [-0.2, 0) is 0 Å². The van der Waals surface area contributed by atoms with Crippen LogP contribution in [0.4, 0.5) is 17.5 Å². The first kappa shape index (κ1) is 19.3. The van der Waals surface area contributed by atoms with Crippen LogP contribution in [0.5, 0.6) is 0 Å². The Hall–Kier alpha value is -2.51. The third-order valence-electron chi connectivity index (χ3n) is 4.37. The van der Waals surface area contributed by atoms with E-state index >= 15 is 0 Å². The summed E-state index contributed by atoms with van der Waals surface area (Å²) in [5, 5.41) is 7.27. The number of likely N-dealkylation sites (N-methyl/N-ethyl adjacent to an activating group) is 1. The molecule has 3 rings (SSSR count). The molecule has 0 fully saturated rings. The lowest BCUT2D eigenvalue weighted by atomic mass is 10.2. The number of benzene rings is 1. The van der Waals surface area contributed by atoms with Crippen LogP contribution in [-0.4, -0.2) is 51.0 Å². The molecule has 2 N–H and O–H groups in total. The van der Waals surface area contributed by atoms with Crippen LogP contribution in [0.15, 0.2) is 30.6 Å². The van der Waals surface area contributed by atoms with Gasteiger partial charge in [-0.3, -0.25) is 0 Å². The molecule has 0 aliphatic rings. The molecule has 7 nitrogen and oxygen atoms in total. The van der Waals surface area contributed by atoms with Crippen molar-refractivity contribution in [3.8, 4) is 0 Å². The van der Waals surface area contributed by atoms with Gasteiger partial charge in [0, 0.05) is 36.2 Å². The normalized spacial score (nSPS) is 11.1. The summed E-state index contributed by atoms with van der Waals surface area (Å²) in [6.45, 7) is 9.98. The molecule has 2 heterocycles. The second-order valence-corrected chi connectivity index (χ2v) is 6.57. The standard InChI is InChI=1S/C19H24ClN7/c1-4-27(5-2)11-10-23-19-25-17-16(21-8-9-22-17)18(26-19)24-14-7-6-13(3)15(20)12-14/h6-9,12H,4-5,10-11H2,1-3H3,(H2,22,23,24,25,26). The topological polar surface area (TPSA) is 78.9 Å². The van der Waals surface area contributed by atoms with Gasteiger partial charge < -0.3 is 15.5 Å². The maximum Gasteiger partial charge on any atom is 0.226 e. The molecule has 0 aliphatic carbocycles. The zero-order valence-corrected chi connectivity index (χ0v) is 16.6. The molecule has 0 unspecified atom stereocenters. The summed E-state index contributed by atoms with van der Waals surface area (Å²) in [5.74, 6) is 1.12. The highest BCUT2D eigenvalue weighted by Crippen LogP contribution is 2.25. The van der Waals surface area contributed by atoms with Gasteiger partial charge in [-0.05, 0) is 37.7 Å². The Morgan fingerprint density at radius 1 is 1.07 bits per heavy atom. The number of nitrogens with zero attached hydrogens (tertiary/aromatic N) is 5. The Kier molecular flexibility index (Phi) is 6.36. The van der Waals surface area contributed by atoms with Crippen LogP contribution in [0.3, 0.4) is 0 Å². The van der Waals surface area contributed by atoms with Crippen molar-refractivity contribution in [3.05, 3.63) is 41.2 Å². The van der Waals surface area contributed by atoms with Gasteiger partial charge in [-0.1, -0.05) is 31.5 Å². The Bertz CT molecular complexity index is 912. The maximum atomic E-state index is 6.24. The Morgan fingerprint density at radius 2 is 1.85 bits per heavy atom. The predicted octanol–water partition coefficient (Wildman–Crippen LogP) is 3.88. The minimum atomic E-state index is 0.524. The van der Waals surface area contributed by atoms with Gasteiger partial charge in [-0.15, -0.1) is 0 Å². The van der Waals surface area contributed by atoms with E-state index in [4.69, 9.17) is 11.6 Å². The van der Waals surface area contributed by atoms with Gasteiger partial charge in [0.2, 0.25) is 5.95 Å². The second-order valence-electron chi connectivity index (χ2n) is 6.17. The summed E-state index contributed by atoms with van der Waals surface area (Å²) in [4.78, 5) is 20.1. The fraction of sp³-hybridized carbons (Fsp3) is 0.368. The molecule has 0 bridgehead atoms. The van der Waals surface area contributed by atoms with E-state index in [-0.39, 0.29) is 0 Å². The van der Waals surface area contributed by atoms with Crippen molar-refractivity contribution in [1.29, 1.82) is 0 Å². The van der Waals surface area contributed by atoms with Crippen LogP contribution in [0, 0.1) is 6.92 Å². The molecule has 3 aromatic rings. The van der Waals surface area contributed by atoms with Crippen molar-refractivity contribution in [1.82, 2.24) is 24.8 Å². The number of halogens is 1. The lowest BCUT2D eigenvalue weighted by Gasteiger charge is -2.18. The van der Waals surface area contributed by atoms with Crippen LogP contribution >= 0.6 is 11.6 Å². The molecule has 0 amide bonds. The first-order valence-corrected chi connectivity index (χ1v) is 9.46. The van der Waals surface area contributed by atoms with E-state index in [1.165, 1.54) is 0 Å². The summed E-state index contributed by atoms with van der Waals surface area (Å²) >= 11 is 6.24. The van der Waals surface area contributed by atoms with Gasteiger partial charge >= 0.3 is 0 Å². The minimum Gasteiger partial charge on any atom is -0.353 e. The molecule has 0 spiro atoms. The highest BCUT2D eigenvalue weighted by molar-refractivity contribution is 6.31. The lowest BCUT2D eigenvalue weighted by Crippen LogP contribution is -2.29. The molecular weight excluding hydrogens is 362 g/mol. The van der Waals surface area contributed by atoms with Crippen LogP contribution in [0.2, 0.25) is 5.02 Å². The smallest absolute Gasteiger partial charge is 0.226 e. The van der Waals surface area contributed by atoms with Crippen molar-refractivity contribution >= 4 is 40.2 Å². The van der Waals surface area contributed by atoms with Gasteiger partial charge in [-0.25, -0.2) is 9.97 Å². The lowest BCUT2D eigenvalue weighted by molar-refractivity contribution is 0.316. The van der Waals surface area contributed by atoms with Gasteiger partial charge in [-0.2, -0.15) is 9.97 Å². The average molecular weight is 386 g/mol. The highest BCUT2D eigenvalue weighted by Gasteiger charge is 2.11. The third-order valence-corrected chi connectivity index (χ3v) is 4.78. The van der Waals surface area contributed by atoms with Crippen molar-refractivity contribution in [2.24, 2.45) is 0 Å². The zero-order valence-electron chi connectivity index (χ0n) is 15.8. The number of hydrogen-bond acceptors (Lipinski definition) is 7. The number of rotatable bonds is 8. The Labute approximate surface area is 164 Å². The van der Waals surface area contributed by atoms with E-state index in [0.29, 0.717) is 28.0 Å². The number of anilines is 3. The summed E-state index contributed by atoms with van der Waals surface area (Å²) < 4.78 is 0. The molecule has 0 atom stereocenters. The largest absolute Gasteiger partial charge is 0.353 e. The van der Waals surface area contributed by atoms with E-state index in [9.17, 15) is 0 Å². The van der Waals surface area contributed by atoms with Crippen LogP contribution in [0.1, 0.15) is 19.4 Å². The zero-order chi connectivity index (χ0) is 19.2. The monoisotopic (exact) mass is 385 g/mol. The van der Waals surface area contributed by atoms with Crippen molar-refractivity contribution in [3.63, 3.8) is 0 Å². The number of fused-ring (bicyclic) bond motifs is 1. The summed E-state index contributed by atoms with van der Waals surface area (Å²) in [5.41, 5.74) is 3.01. The molecule has 0 saturated carbocycles. The SMILES string of the molecule is CCN(CC)CCNc1nc(Nc2ccc(C)c(Cl)c2)c2nccnc2n1. The minimum absolute atomic E-state index is 0.524. The second kappa shape index (κ2) is 8.92.